The second kappa shape index (κ2) is 2.98. The number of nitrogens with two attached hydrogens (primary N) is 1. The van der Waals surface area contributed by atoms with Crippen LogP contribution in [0.15, 0.2) is 12.1 Å². The second-order valence-electron chi connectivity index (χ2n) is 4.67. The van der Waals surface area contributed by atoms with E-state index in [1.807, 2.05) is 13.0 Å². The number of anilines is 1. The highest BCUT2D eigenvalue weighted by atomic mass is 16.5. The fraction of sp³-hybridized carbons (Fsp3) is 0.417. The van der Waals surface area contributed by atoms with E-state index in [-0.39, 0.29) is 11.5 Å². The van der Waals surface area contributed by atoms with Crippen molar-refractivity contribution in [3.05, 3.63) is 23.3 Å². The molecule has 16 heavy (non-hydrogen) atoms. The quantitative estimate of drug-likeness (QED) is 0.386. The van der Waals surface area contributed by atoms with Crippen molar-refractivity contribution < 1.29 is 9.53 Å². The van der Waals surface area contributed by atoms with Crippen LogP contribution in [0.2, 0.25) is 0 Å². The molecule has 0 spiro atoms. The zero-order valence-corrected chi connectivity index (χ0v) is 9.17. The first-order valence-electron chi connectivity index (χ1n) is 5.48. The largest absolute Gasteiger partial charge is 0.426 e. The van der Waals surface area contributed by atoms with Crippen LogP contribution in [0.1, 0.15) is 24.5 Å². The van der Waals surface area contributed by atoms with Gasteiger partial charge in [-0.2, -0.15) is 0 Å². The molecule has 3 rings (SSSR count). The molecule has 2 heterocycles. The van der Waals surface area contributed by atoms with Gasteiger partial charge >= 0.3 is 5.97 Å². The van der Waals surface area contributed by atoms with Gasteiger partial charge < -0.3 is 15.8 Å². The van der Waals surface area contributed by atoms with Gasteiger partial charge in [0.1, 0.15) is 5.75 Å². The van der Waals surface area contributed by atoms with Crippen molar-refractivity contribution in [1.82, 2.24) is 5.32 Å². The molecule has 4 heteroatoms. The lowest BCUT2D eigenvalue weighted by Gasteiger charge is -2.40. The highest BCUT2D eigenvalue weighted by molar-refractivity contribution is 5.79. The summed E-state index contributed by atoms with van der Waals surface area (Å²) < 4.78 is 5.26. The Bertz CT molecular complexity index is 484. The maximum Gasteiger partial charge on any atom is 0.313 e. The molecule has 1 atom stereocenters. The molecule has 0 aliphatic carbocycles. The summed E-state index contributed by atoms with van der Waals surface area (Å²) in [7, 11) is 0. The van der Waals surface area contributed by atoms with Crippen LogP contribution in [0.4, 0.5) is 5.69 Å². The van der Waals surface area contributed by atoms with Crippen LogP contribution in [-0.2, 0) is 16.8 Å². The summed E-state index contributed by atoms with van der Waals surface area (Å²) in [6, 6.07) is 3.61. The topological polar surface area (TPSA) is 64.3 Å². The predicted octanol–water partition coefficient (Wildman–Crippen LogP) is 0.939. The summed E-state index contributed by atoms with van der Waals surface area (Å²) in [6.07, 6.45) is 1.26. The summed E-state index contributed by atoms with van der Waals surface area (Å²) >= 11 is 0. The molecular weight excluding hydrogens is 204 g/mol. The summed E-state index contributed by atoms with van der Waals surface area (Å²) in [6.45, 7) is 2.89. The lowest BCUT2D eigenvalue weighted by atomic mass is 9.79. The number of rotatable bonds is 0. The van der Waals surface area contributed by atoms with Gasteiger partial charge in [0.25, 0.3) is 0 Å². The molecule has 84 valence electrons. The zero-order valence-electron chi connectivity index (χ0n) is 9.17. The number of ether oxygens (including phenoxy) is 1. The van der Waals surface area contributed by atoms with Crippen LogP contribution in [-0.4, -0.2) is 12.5 Å². The molecule has 0 fully saturated rings. The number of esters is 1. The Balaban J connectivity index is 2.29. The third-order valence-electron chi connectivity index (χ3n) is 3.47. The number of benzene rings is 1. The van der Waals surface area contributed by atoms with Gasteiger partial charge in [0.05, 0.1) is 12.0 Å². The van der Waals surface area contributed by atoms with E-state index >= 15 is 0 Å². The molecule has 0 bridgehead atoms. The summed E-state index contributed by atoms with van der Waals surface area (Å²) in [4.78, 5) is 11.5. The van der Waals surface area contributed by atoms with E-state index in [1.54, 1.807) is 6.07 Å². The van der Waals surface area contributed by atoms with Crippen molar-refractivity contribution in [2.45, 2.75) is 25.3 Å². The second-order valence-corrected chi connectivity index (χ2v) is 4.67. The number of hydrogen-bond donors (Lipinski definition) is 2. The molecule has 2 aliphatic rings. The summed E-state index contributed by atoms with van der Waals surface area (Å²) in [5.41, 5.74) is 8.66. The fourth-order valence-electron chi connectivity index (χ4n) is 2.75. The lowest BCUT2D eigenvalue weighted by Crippen LogP contribution is -2.49. The van der Waals surface area contributed by atoms with Crippen LogP contribution >= 0.6 is 0 Å². The minimum atomic E-state index is -0.312. The molecular formula is C12H14N2O2. The van der Waals surface area contributed by atoms with Crippen molar-refractivity contribution in [3.8, 4) is 5.75 Å². The maximum atomic E-state index is 11.5. The van der Waals surface area contributed by atoms with Crippen molar-refractivity contribution in [2.75, 3.05) is 12.3 Å². The third kappa shape index (κ3) is 1.16. The number of nitrogen functional groups attached to an aromatic ring is 1. The fourth-order valence-corrected chi connectivity index (χ4v) is 2.75. The molecule has 0 amide bonds. The Morgan fingerprint density at radius 2 is 2.31 bits per heavy atom. The molecule has 0 aromatic heterocycles. The Kier molecular flexibility index (Phi) is 1.80. The van der Waals surface area contributed by atoms with Crippen molar-refractivity contribution >= 4 is 11.7 Å². The minimum absolute atomic E-state index is 0.180. The van der Waals surface area contributed by atoms with E-state index in [2.05, 4.69) is 5.32 Å². The van der Waals surface area contributed by atoms with Crippen molar-refractivity contribution in [3.63, 3.8) is 0 Å². The van der Waals surface area contributed by atoms with Gasteiger partial charge in [0.2, 0.25) is 0 Å². The molecule has 1 unspecified atom stereocenters. The number of carbonyl (C=O) groups is 1. The molecule has 0 radical (unpaired) electrons. The Morgan fingerprint density at radius 3 is 3.12 bits per heavy atom. The SMILES string of the molecule is CC12CC(=O)Oc3ccc(N)c(c31)CCN2. The standard InChI is InChI=1S/C12H14N2O2/c1-12-6-10(15)16-9-3-2-8(13)7(11(9)12)4-5-14-12/h2-3,14H,4-6,13H2,1H3. The first kappa shape index (κ1) is 9.66. The summed E-state index contributed by atoms with van der Waals surface area (Å²) in [5, 5.41) is 3.39. The first-order valence-corrected chi connectivity index (χ1v) is 5.48. The van der Waals surface area contributed by atoms with Gasteiger partial charge in [-0.15, -0.1) is 0 Å². The average molecular weight is 218 g/mol. The number of carbonyl (C=O) groups excluding carboxylic acids is 1. The highest BCUT2D eigenvalue weighted by Crippen LogP contribution is 2.43. The van der Waals surface area contributed by atoms with Crippen molar-refractivity contribution in [2.24, 2.45) is 0 Å². The molecule has 1 aromatic rings. The first-order chi connectivity index (χ1) is 7.60. The minimum Gasteiger partial charge on any atom is -0.426 e. The summed E-state index contributed by atoms with van der Waals surface area (Å²) in [5.74, 6) is 0.482. The van der Waals surface area contributed by atoms with Crippen molar-refractivity contribution in [1.29, 1.82) is 0 Å². The molecule has 0 saturated carbocycles. The predicted molar refractivity (Wildman–Crippen MR) is 60.2 cm³/mol. The van der Waals surface area contributed by atoms with E-state index in [0.29, 0.717) is 12.2 Å². The average Bonchev–Trinajstić information content (AvgIpc) is 2.21. The number of nitrogens with one attached hydrogen (secondary N) is 1. The maximum absolute atomic E-state index is 11.5. The highest BCUT2D eigenvalue weighted by Gasteiger charge is 2.41. The van der Waals surface area contributed by atoms with Gasteiger partial charge in [0, 0.05) is 17.8 Å². The van der Waals surface area contributed by atoms with E-state index in [4.69, 9.17) is 10.5 Å². The lowest BCUT2D eigenvalue weighted by molar-refractivity contribution is -0.137. The molecule has 3 N–H and O–H groups in total. The molecule has 1 aromatic carbocycles. The number of hydrogen-bond acceptors (Lipinski definition) is 4. The van der Waals surface area contributed by atoms with Crippen LogP contribution in [0.5, 0.6) is 5.75 Å². The van der Waals surface area contributed by atoms with E-state index in [0.717, 1.165) is 29.8 Å². The molecule has 2 aliphatic heterocycles. The Morgan fingerprint density at radius 1 is 1.50 bits per heavy atom. The van der Waals surface area contributed by atoms with E-state index < -0.39 is 0 Å². The van der Waals surface area contributed by atoms with Crippen LogP contribution in [0.3, 0.4) is 0 Å². The monoisotopic (exact) mass is 218 g/mol. The normalized spacial score (nSPS) is 27.2. The van der Waals surface area contributed by atoms with Gasteiger partial charge in [-0.1, -0.05) is 0 Å². The van der Waals surface area contributed by atoms with Gasteiger partial charge in [0.15, 0.2) is 0 Å². The van der Waals surface area contributed by atoms with Gasteiger partial charge in [-0.25, -0.2) is 0 Å². The van der Waals surface area contributed by atoms with Crippen LogP contribution < -0.4 is 15.8 Å². The van der Waals surface area contributed by atoms with E-state index in [9.17, 15) is 4.79 Å². The zero-order chi connectivity index (χ0) is 11.3. The van der Waals surface area contributed by atoms with Gasteiger partial charge in [-0.3, -0.25) is 4.79 Å². The van der Waals surface area contributed by atoms with Crippen LogP contribution in [0, 0.1) is 0 Å². The smallest absolute Gasteiger partial charge is 0.313 e. The Hall–Kier alpha value is -1.55. The molecule has 4 nitrogen and oxygen atoms in total. The van der Waals surface area contributed by atoms with E-state index in [1.165, 1.54) is 0 Å². The van der Waals surface area contributed by atoms with Crippen LogP contribution in [0.25, 0.3) is 0 Å². The Labute approximate surface area is 93.8 Å². The van der Waals surface area contributed by atoms with Gasteiger partial charge in [-0.05, 0) is 31.0 Å². The third-order valence-corrected chi connectivity index (χ3v) is 3.47. The molecule has 0 saturated heterocycles.